The molecule has 1 aliphatic heterocycles. The minimum Gasteiger partial charge on any atom is -0.487 e. The summed E-state index contributed by atoms with van der Waals surface area (Å²) in [6.45, 7) is 4.31. The molecule has 0 amide bonds. The van der Waals surface area contributed by atoms with Gasteiger partial charge >= 0.3 is 0 Å². The van der Waals surface area contributed by atoms with Gasteiger partial charge < -0.3 is 9.84 Å². The van der Waals surface area contributed by atoms with E-state index in [9.17, 15) is 5.11 Å². The standard InChI is InChI=1S/C15H22O2/c1-3-5-7-11-8-9-13-12(10-11)15(16)14(17-13)6-4-2/h8-10,14-16H,3-7H2,1-2H3. The Hall–Kier alpha value is -1.02. The summed E-state index contributed by atoms with van der Waals surface area (Å²) in [5.74, 6) is 0.871. The largest absolute Gasteiger partial charge is 0.487 e. The highest BCUT2D eigenvalue weighted by molar-refractivity contribution is 5.42. The van der Waals surface area contributed by atoms with Crippen LogP contribution in [-0.2, 0) is 6.42 Å². The van der Waals surface area contributed by atoms with Crippen LogP contribution >= 0.6 is 0 Å². The predicted octanol–water partition coefficient (Wildman–Crippen LogP) is 3.62. The van der Waals surface area contributed by atoms with Crippen LogP contribution in [0.25, 0.3) is 0 Å². The number of unbranched alkanes of at least 4 members (excludes halogenated alkanes) is 1. The number of hydrogen-bond acceptors (Lipinski definition) is 2. The molecular formula is C15H22O2. The van der Waals surface area contributed by atoms with E-state index in [2.05, 4.69) is 26.0 Å². The molecule has 1 aliphatic rings. The number of rotatable bonds is 5. The Morgan fingerprint density at radius 1 is 1.24 bits per heavy atom. The van der Waals surface area contributed by atoms with Crippen LogP contribution in [0.1, 0.15) is 56.8 Å². The van der Waals surface area contributed by atoms with Crippen molar-refractivity contribution in [2.45, 2.75) is 58.2 Å². The summed E-state index contributed by atoms with van der Waals surface area (Å²) in [6, 6.07) is 6.25. The van der Waals surface area contributed by atoms with Crippen LogP contribution in [0, 0.1) is 0 Å². The van der Waals surface area contributed by atoms with Crippen molar-refractivity contribution in [1.29, 1.82) is 0 Å². The molecule has 2 atom stereocenters. The molecule has 1 aromatic carbocycles. The van der Waals surface area contributed by atoms with Crippen LogP contribution in [0.3, 0.4) is 0 Å². The second kappa shape index (κ2) is 5.54. The van der Waals surface area contributed by atoms with Crippen LogP contribution < -0.4 is 4.74 Å². The predicted molar refractivity (Wildman–Crippen MR) is 69.3 cm³/mol. The maximum Gasteiger partial charge on any atom is 0.129 e. The van der Waals surface area contributed by atoms with Gasteiger partial charge in [-0.1, -0.05) is 32.8 Å². The highest BCUT2D eigenvalue weighted by Crippen LogP contribution is 2.38. The summed E-state index contributed by atoms with van der Waals surface area (Å²) in [5, 5.41) is 10.2. The van der Waals surface area contributed by atoms with Crippen molar-refractivity contribution in [1.82, 2.24) is 0 Å². The molecule has 17 heavy (non-hydrogen) atoms. The summed E-state index contributed by atoms with van der Waals surface area (Å²) in [6.07, 6.45) is 4.97. The number of hydrogen-bond donors (Lipinski definition) is 1. The Labute approximate surface area is 104 Å². The Balaban J connectivity index is 2.13. The molecule has 0 fully saturated rings. The molecule has 2 rings (SSSR count). The lowest BCUT2D eigenvalue weighted by Gasteiger charge is -2.12. The smallest absolute Gasteiger partial charge is 0.129 e. The van der Waals surface area contributed by atoms with Gasteiger partial charge in [0.15, 0.2) is 0 Å². The maximum absolute atomic E-state index is 10.2. The highest BCUT2D eigenvalue weighted by atomic mass is 16.5. The van der Waals surface area contributed by atoms with Crippen LogP contribution in [0.15, 0.2) is 18.2 Å². The molecule has 2 unspecified atom stereocenters. The van der Waals surface area contributed by atoms with Gasteiger partial charge in [0.1, 0.15) is 18.0 Å². The number of aryl methyl sites for hydroxylation is 1. The highest BCUT2D eigenvalue weighted by Gasteiger charge is 2.31. The topological polar surface area (TPSA) is 29.5 Å². The molecule has 1 aromatic rings. The third-order valence-electron chi connectivity index (χ3n) is 3.42. The van der Waals surface area contributed by atoms with Gasteiger partial charge in [-0.3, -0.25) is 0 Å². The van der Waals surface area contributed by atoms with Crippen molar-refractivity contribution in [2.24, 2.45) is 0 Å². The Kier molecular flexibility index (Phi) is 4.06. The molecular weight excluding hydrogens is 212 g/mol. The summed E-state index contributed by atoms with van der Waals surface area (Å²) in [4.78, 5) is 0. The Bertz CT molecular complexity index is 373. The molecule has 0 saturated carbocycles. The lowest BCUT2D eigenvalue weighted by atomic mass is 9.99. The van der Waals surface area contributed by atoms with Crippen molar-refractivity contribution in [2.75, 3.05) is 0 Å². The Morgan fingerprint density at radius 3 is 2.76 bits per heavy atom. The van der Waals surface area contributed by atoms with E-state index in [4.69, 9.17) is 4.74 Å². The van der Waals surface area contributed by atoms with E-state index >= 15 is 0 Å². The lowest BCUT2D eigenvalue weighted by Crippen LogP contribution is -2.17. The minimum atomic E-state index is -0.438. The molecule has 0 bridgehead atoms. The third kappa shape index (κ3) is 2.63. The van der Waals surface area contributed by atoms with E-state index in [0.717, 1.165) is 30.6 Å². The quantitative estimate of drug-likeness (QED) is 0.843. The summed E-state index contributed by atoms with van der Waals surface area (Å²) < 4.78 is 5.77. The van der Waals surface area contributed by atoms with Gasteiger partial charge in [-0.25, -0.2) is 0 Å². The van der Waals surface area contributed by atoms with Gasteiger partial charge in [-0.05, 0) is 37.0 Å². The van der Waals surface area contributed by atoms with Gasteiger partial charge in [-0.2, -0.15) is 0 Å². The first-order valence-corrected chi connectivity index (χ1v) is 6.73. The van der Waals surface area contributed by atoms with E-state index in [0.29, 0.717) is 0 Å². The van der Waals surface area contributed by atoms with E-state index in [1.165, 1.54) is 18.4 Å². The van der Waals surface area contributed by atoms with Gasteiger partial charge in [0.05, 0.1) is 0 Å². The zero-order valence-electron chi connectivity index (χ0n) is 10.8. The number of aliphatic hydroxyl groups excluding tert-OH is 1. The molecule has 0 aromatic heterocycles. The van der Waals surface area contributed by atoms with Crippen LogP contribution in [-0.4, -0.2) is 11.2 Å². The molecule has 94 valence electrons. The van der Waals surface area contributed by atoms with Crippen molar-refractivity contribution in [3.63, 3.8) is 0 Å². The first-order valence-electron chi connectivity index (χ1n) is 6.73. The van der Waals surface area contributed by atoms with Crippen molar-refractivity contribution < 1.29 is 9.84 Å². The number of ether oxygens (including phenoxy) is 1. The van der Waals surface area contributed by atoms with E-state index in [1.807, 2.05) is 6.07 Å². The average Bonchev–Trinajstić information content (AvgIpc) is 2.65. The van der Waals surface area contributed by atoms with Crippen LogP contribution in [0.4, 0.5) is 0 Å². The van der Waals surface area contributed by atoms with Crippen LogP contribution in [0.2, 0.25) is 0 Å². The molecule has 2 heteroatoms. The SMILES string of the molecule is CCCCc1ccc2c(c1)C(O)C(CCC)O2. The third-order valence-corrected chi connectivity index (χ3v) is 3.42. The number of aliphatic hydroxyl groups is 1. The second-order valence-corrected chi connectivity index (χ2v) is 4.87. The zero-order chi connectivity index (χ0) is 12.3. The molecule has 0 saturated heterocycles. The molecule has 0 aliphatic carbocycles. The molecule has 1 heterocycles. The second-order valence-electron chi connectivity index (χ2n) is 4.87. The number of benzene rings is 1. The minimum absolute atomic E-state index is 0.0450. The fraction of sp³-hybridized carbons (Fsp3) is 0.600. The van der Waals surface area contributed by atoms with Crippen molar-refractivity contribution in [3.05, 3.63) is 29.3 Å². The first-order chi connectivity index (χ1) is 8.26. The van der Waals surface area contributed by atoms with E-state index in [-0.39, 0.29) is 6.10 Å². The lowest BCUT2D eigenvalue weighted by molar-refractivity contribution is 0.0616. The Morgan fingerprint density at radius 2 is 2.06 bits per heavy atom. The average molecular weight is 234 g/mol. The molecule has 1 N–H and O–H groups in total. The van der Waals surface area contributed by atoms with Gasteiger partial charge in [0.2, 0.25) is 0 Å². The summed E-state index contributed by atoms with van der Waals surface area (Å²) >= 11 is 0. The zero-order valence-corrected chi connectivity index (χ0v) is 10.8. The fourth-order valence-corrected chi connectivity index (χ4v) is 2.40. The van der Waals surface area contributed by atoms with Crippen molar-refractivity contribution in [3.8, 4) is 5.75 Å². The van der Waals surface area contributed by atoms with Gasteiger partial charge in [0, 0.05) is 5.56 Å². The van der Waals surface area contributed by atoms with Gasteiger partial charge in [0.25, 0.3) is 0 Å². The first kappa shape index (κ1) is 12.4. The van der Waals surface area contributed by atoms with E-state index in [1.54, 1.807) is 0 Å². The molecule has 0 radical (unpaired) electrons. The van der Waals surface area contributed by atoms with Crippen LogP contribution in [0.5, 0.6) is 5.75 Å². The summed E-state index contributed by atoms with van der Waals surface area (Å²) in [5.41, 5.74) is 2.29. The molecule has 2 nitrogen and oxygen atoms in total. The van der Waals surface area contributed by atoms with Crippen molar-refractivity contribution >= 4 is 0 Å². The maximum atomic E-state index is 10.2. The monoisotopic (exact) mass is 234 g/mol. The fourth-order valence-electron chi connectivity index (χ4n) is 2.40. The molecule has 0 spiro atoms. The normalized spacial score (nSPS) is 22.3. The number of fused-ring (bicyclic) bond motifs is 1. The van der Waals surface area contributed by atoms with Gasteiger partial charge in [-0.15, -0.1) is 0 Å². The van der Waals surface area contributed by atoms with E-state index < -0.39 is 6.10 Å². The summed E-state index contributed by atoms with van der Waals surface area (Å²) in [7, 11) is 0.